The molecule has 1 amide bonds. The first-order valence-electron chi connectivity index (χ1n) is 13.0. The van der Waals surface area contributed by atoms with Crippen LogP contribution < -0.4 is 4.90 Å². The largest absolute Gasteiger partial charge is 0.378 e. The van der Waals surface area contributed by atoms with Crippen molar-refractivity contribution in [3.05, 3.63) is 105 Å². The van der Waals surface area contributed by atoms with Crippen LogP contribution in [-0.4, -0.2) is 58.8 Å². The van der Waals surface area contributed by atoms with Gasteiger partial charge in [0.1, 0.15) is 0 Å². The number of aromatic nitrogens is 1. The second-order valence-corrected chi connectivity index (χ2v) is 10.7. The molecule has 3 heterocycles. The van der Waals surface area contributed by atoms with Crippen LogP contribution in [0.2, 0.25) is 0 Å². The Morgan fingerprint density at radius 1 is 1.05 bits per heavy atom. The van der Waals surface area contributed by atoms with Gasteiger partial charge in [0.05, 0.1) is 28.7 Å². The van der Waals surface area contributed by atoms with Crippen molar-refractivity contribution < 1.29 is 14.5 Å². The highest BCUT2D eigenvalue weighted by atomic mass is 32.2. The Morgan fingerprint density at radius 3 is 2.60 bits per heavy atom. The lowest BCUT2D eigenvalue weighted by atomic mass is 10.1. The van der Waals surface area contributed by atoms with Crippen LogP contribution in [0.1, 0.15) is 11.1 Å². The van der Waals surface area contributed by atoms with E-state index in [1.165, 1.54) is 17.8 Å². The zero-order chi connectivity index (χ0) is 27.6. The number of anilines is 1. The Hall–Kier alpha value is -4.41. The molecule has 0 atom stereocenters. The van der Waals surface area contributed by atoms with Crippen LogP contribution >= 0.6 is 11.8 Å². The molecule has 10 heteroatoms. The highest BCUT2D eigenvalue weighted by Gasteiger charge is 2.30. The number of amidine groups is 1. The van der Waals surface area contributed by atoms with E-state index in [4.69, 9.17) is 9.73 Å². The molecule has 0 radical (unpaired) electrons. The predicted octanol–water partition coefficient (Wildman–Crippen LogP) is 5.67. The number of non-ortho nitro benzene ring substituents is 1. The van der Waals surface area contributed by atoms with E-state index in [0.29, 0.717) is 16.6 Å². The average Bonchev–Trinajstić information content (AvgIpc) is 3.46. The zero-order valence-corrected chi connectivity index (χ0v) is 22.7. The maximum absolute atomic E-state index is 13.2. The number of rotatable bonds is 6. The van der Waals surface area contributed by atoms with Crippen molar-refractivity contribution >= 4 is 56.9 Å². The van der Waals surface area contributed by atoms with Gasteiger partial charge in [-0.15, -0.1) is 0 Å². The molecule has 0 saturated carbocycles. The lowest BCUT2D eigenvalue weighted by Gasteiger charge is -2.28. The molecular weight excluding hydrogens is 526 g/mol. The minimum atomic E-state index is -0.385. The Morgan fingerprint density at radius 2 is 1.82 bits per heavy atom. The van der Waals surface area contributed by atoms with E-state index in [1.807, 2.05) is 54.7 Å². The zero-order valence-electron chi connectivity index (χ0n) is 21.9. The summed E-state index contributed by atoms with van der Waals surface area (Å²) >= 11 is 1.35. The van der Waals surface area contributed by atoms with Gasteiger partial charge in [0.25, 0.3) is 11.6 Å². The van der Waals surface area contributed by atoms with Crippen LogP contribution in [0.5, 0.6) is 0 Å². The summed E-state index contributed by atoms with van der Waals surface area (Å²) in [7, 11) is 1.74. The van der Waals surface area contributed by atoms with Gasteiger partial charge < -0.3 is 14.2 Å². The number of hydrogen-bond acceptors (Lipinski definition) is 7. The van der Waals surface area contributed by atoms with Crippen LogP contribution in [0.15, 0.2) is 88.9 Å². The molecule has 9 nitrogen and oxygen atoms in total. The number of nitro groups is 1. The Bertz CT molecular complexity index is 1650. The number of amides is 1. The summed E-state index contributed by atoms with van der Waals surface area (Å²) in [6.07, 6.45) is 3.89. The fourth-order valence-corrected chi connectivity index (χ4v) is 5.93. The van der Waals surface area contributed by atoms with Crippen molar-refractivity contribution in [3.63, 3.8) is 0 Å². The molecule has 2 aliphatic heterocycles. The first kappa shape index (κ1) is 25.8. The molecule has 0 spiro atoms. The number of likely N-dealkylation sites (N-methyl/N-ethyl adjacent to an activating group) is 1. The van der Waals surface area contributed by atoms with E-state index < -0.39 is 0 Å². The van der Waals surface area contributed by atoms with Gasteiger partial charge in [-0.1, -0.05) is 30.3 Å². The Labute approximate surface area is 235 Å². The Kier molecular flexibility index (Phi) is 7.10. The summed E-state index contributed by atoms with van der Waals surface area (Å²) in [6.45, 7) is 3.68. The number of carbonyl (C=O) groups excluding carboxylic acids is 1. The molecule has 40 heavy (non-hydrogen) atoms. The summed E-state index contributed by atoms with van der Waals surface area (Å²) in [4.78, 5) is 33.2. The van der Waals surface area contributed by atoms with E-state index in [9.17, 15) is 14.9 Å². The first-order valence-corrected chi connectivity index (χ1v) is 13.8. The molecule has 6 rings (SSSR count). The van der Waals surface area contributed by atoms with Gasteiger partial charge in [-0.25, -0.2) is 4.99 Å². The molecule has 202 valence electrons. The number of thioether (sulfide) groups is 1. The van der Waals surface area contributed by atoms with Crippen LogP contribution in [0.25, 0.3) is 17.0 Å². The topological polar surface area (TPSA) is 93.2 Å². The number of nitrogens with zero attached hydrogens (tertiary/aromatic N) is 5. The highest BCUT2D eigenvalue weighted by Crippen LogP contribution is 2.35. The third-order valence-corrected chi connectivity index (χ3v) is 8.09. The van der Waals surface area contributed by atoms with E-state index in [-0.39, 0.29) is 16.5 Å². The van der Waals surface area contributed by atoms with Crippen molar-refractivity contribution in [2.75, 3.05) is 38.3 Å². The third kappa shape index (κ3) is 5.23. The molecule has 0 unspecified atom stereocenters. The number of para-hydroxylation sites is 1. The molecule has 2 fully saturated rings. The van der Waals surface area contributed by atoms with Gasteiger partial charge in [-0.3, -0.25) is 19.8 Å². The van der Waals surface area contributed by atoms with Gasteiger partial charge in [-0.05, 0) is 53.7 Å². The average molecular weight is 554 g/mol. The maximum atomic E-state index is 13.2. The summed E-state index contributed by atoms with van der Waals surface area (Å²) < 4.78 is 7.49. The molecule has 0 N–H and O–H groups in total. The van der Waals surface area contributed by atoms with E-state index in [2.05, 4.69) is 21.6 Å². The molecule has 0 bridgehead atoms. The maximum Gasteiger partial charge on any atom is 0.269 e. The summed E-state index contributed by atoms with van der Waals surface area (Å²) in [6, 6.07) is 22.7. The first-order chi connectivity index (χ1) is 19.5. The number of benzene rings is 3. The standard InChI is InChI=1S/C30H27N5O4S/c1-32-29(36)28(40-30(32)31-23-9-11-24(12-10-23)33-13-15-39-16-14-33)18-22-20-34(27-8-3-2-7-26(22)27)19-21-5-4-6-25(17-21)35(37)38/h2-12,17-18,20H,13-16,19H2,1H3/b28-18+,31-30?. The van der Waals surface area contributed by atoms with E-state index in [0.717, 1.165) is 59.7 Å². The van der Waals surface area contributed by atoms with E-state index >= 15 is 0 Å². The molecule has 1 aromatic heterocycles. The number of fused-ring (bicyclic) bond motifs is 1. The Balaban J connectivity index is 1.26. The number of aliphatic imine (C=N–C) groups is 1. The second-order valence-electron chi connectivity index (χ2n) is 9.64. The molecule has 0 aliphatic carbocycles. The molecular formula is C30H27N5O4S. The van der Waals surface area contributed by atoms with Crippen LogP contribution in [0, 0.1) is 10.1 Å². The third-order valence-electron chi connectivity index (χ3n) is 7.03. The molecule has 2 saturated heterocycles. The molecule has 4 aromatic rings. The predicted molar refractivity (Wildman–Crippen MR) is 159 cm³/mol. The highest BCUT2D eigenvalue weighted by molar-refractivity contribution is 8.18. The minimum absolute atomic E-state index is 0.0647. The van der Waals surface area contributed by atoms with Crippen LogP contribution in [0.3, 0.4) is 0 Å². The molecule has 3 aromatic carbocycles. The van der Waals surface area contributed by atoms with E-state index in [1.54, 1.807) is 24.1 Å². The lowest BCUT2D eigenvalue weighted by molar-refractivity contribution is -0.384. The number of hydrogen-bond donors (Lipinski definition) is 0. The van der Waals surface area contributed by atoms with Gasteiger partial charge >= 0.3 is 0 Å². The van der Waals surface area contributed by atoms with Crippen LogP contribution in [-0.2, 0) is 16.1 Å². The van der Waals surface area contributed by atoms with Gasteiger partial charge in [0.15, 0.2) is 5.17 Å². The summed E-state index contributed by atoms with van der Waals surface area (Å²) in [5.41, 5.74) is 4.70. The van der Waals surface area contributed by atoms with Crippen molar-refractivity contribution in [1.29, 1.82) is 0 Å². The van der Waals surface area contributed by atoms with Gasteiger partial charge in [0, 0.05) is 67.2 Å². The molecule has 2 aliphatic rings. The van der Waals surface area contributed by atoms with Gasteiger partial charge in [0.2, 0.25) is 0 Å². The number of ether oxygens (including phenoxy) is 1. The van der Waals surface area contributed by atoms with Crippen molar-refractivity contribution in [1.82, 2.24) is 9.47 Å². The number of nitro benzene ring substituents is 1. The van der Waals surface area contributed by atoms with Crippen molar-refractivity contribution in [2.45, 2.75) is 6.54 Å². The number of carbonyl (C=O) groups is 1. The second kappa shape index (κ2) is 11.0. The summed E-state index contributed by atoms with van der Waals surface area (Å²) in [5.74, 6) is -0.107. The lowest BCUT2D eigenvalue weighted by Crippen LogP contribution is -2.36. The fourth-order valence-electron chi connectivity index (χ4n) is 4.95. The quantitative estimate of drug-likeness (QED) is 0.174. The summed E-state index contributed by atoms with van der Waals surface area (Å²) in [5, 5.41) is 12.9. The van der Waals surface area contributed by atoms with Crippen molar-refractivity contribution in [3.8, 4) is 0 Å². The van der Waals surface area contributed by atoms with Crippen molar-refractivity contribution in [2.24, 2.45) is 4.99 Å². The monoisotopic (exact) mass is 553 g/mol. The normalized spacial score (nSPS) is 17.9. The fraction of sp³-hybridized carbons (Fsp3) is 0.200. The smallest absolute Gasteiger partial charge is 0.269 e. The van der Waals surface area contributed by atoms with Crippen LogP contribution in [0.4, 0.5) is 17.1 Å². The van der Waals surface area contributed by atoms with Gasteiger partial charge in [-0.2, -0.15) is 0 Å². The minimum Gasteiger partial charge on any atom is -0.378 e. The number of morpholine rings is 1. The SMILES string of the molecule is CN1C(=O)/C(=C\c2cn(Cc3cccc([N+](=O)[O-])c3)c3ccccc23)SC1=Nc1ccc(N2CCOCC2)cc1.